The van der Waals surface area contributed by atoms with Crippen molar-refractivity contribution in [3.8, 4) is 17.2 Å². The Hall–Kier alpha value is -4.00. The number of amides is 2. The van der Waals surface area contributed by atoms with Crippen LogP contribution in [0, 0.1) is 0 Å². The summed E-state index contributed by atoms with van der Waals surface area (Å²) in [7, 11) is 0. The van der Waals surface area contributed by atoms with Crippen LogP contribution in [0.1, 0.15) is 47.1 Å². The lowest BCUT2D eigenvalue weighted by Crippen LogP contribution is -2.25. The molecule has 3 rings (SSSR count). The fourth-order valence-electron chi connectivity index (χ4n) is 3.38. The number of hydrogen-bond acceptors (Lipinski definition) is 5. The molecule has 0 spiro atoms. The topological polar surface area (TPSA) is 85.9 Å². The Balaban J connectivity index is 1.83. The molecule has 2 amide bonds. The van der Waals surface area contributed by atoms with Gasteiger partial charge in [-0.05, 0) is 50.6 Å². The Morgan fingerprint density at radius 1 is 0.735 bits per heavy atom. The fourth-order valence-corrected chi connectivity index (χ4v) is 3.38. The number of anilines is 1. The van der Waals surface area contributed by atoms with Crippen molar-refractivity contribution < 1.29 is 23.8 Å². The number of para-hydroxylation sites is 1. The molecule has 2 N–H and O–H groups in total. The van der Waals surface area contributed by atoms with Gasteiger partial charge >= 0.3 is 0 Å². The Morgan fingerprint density at radius 3 is 1.94 bits per heavy atom. The number of benzene rings is 3. The number of nitrogens with one attached hydrogen (secondary N) is 2. The lowest BCUT2D eigenvalue weighted by atomic mass is 10.1. The number of hydrogen-bond donors (Lipinski definition) is 2. The highest BCUT2D eigenvalue weighted by Gasteiger charge is 2.20. The van der Waals surface area contributed by atoms with Gasteiger partial charge in [-0.1, -0.05) is 42.5 Å². The lowest BCUT2D eigenvalue weighted by molar-refractivity contribution is 0.0951. The fraction of sp³-hybridized carbons (Fsp3) is 0.259. The second kappa shape index (κ2) is 12.3. The van der Waals surface area contributed by atoms with Crippen molar-refractivity contribution in [1.82, 2.24) is 5.32 Å². The summed E-state index contributed by atoms with van der Waals surface area (Å²) in [6.07, 6.45) is 0. The third kappa shape index (κ3) is 6.28. The van der Waals surface area contributed by atoms with E-state index in [1.807, 2.05) is 51.1 Å². The maximum atomic E-state index is 13.2. The van der Waals surface area contributed by atoms with E-state index in [-0.39, 0.29) is 5.91 Å². The van der Waals surface area contributed by atoms with E-state index >= 15 is 0 Å². The van der Waals surface area contributed by atoms with Crippen molar-refractivity contribution >= 4 is 17.5 Å². The van der Waals surface area contributed by atoms with Crippen molar-refractivity contribution in [3.63, 3.8) is 0 Å². The molecule has 0 atom stereocenters. The predicted octanol–water partition coefficient (Wildman–Crippen LogP) is 5.07. The molecule has 0 radical (unpaired) electrons. The van der Waals surface area contributed by atoms with Gasteiger partial charge in [-0.3, -0.25) is 9.59 Å². The SMILES string of the molecule is CCOc1cc(C(=O)Nc2ccccc2C(=O)NCc2ccccc2)cc(OCC)c1OCC. The van der Waals surface area contributed by atoms with Gasteiger partial charge in [0.2, 0.25) is 5.75 Å². The van der Waals surface area contributed by atoms with Crippen LogP contribution in [-0.2, 0) is 6.54 Å². The summed E-state index contributed by atoms with van der Waals surface area (Å²) in [6, 6.07) is 19.7. The Morgan fingerprint density at radius 2 is 1.32 bits per heavy atom. The van der Waals surface area contributed by atoms with Crippen molar-refractivity contribution in [1.29, 1.82) is 0 Å². The molecule has 0 bridgehead atoms. The van der Waals surface area contributed by atoms with Crippen LogP contribution in [-0.4, -0.2) is 31.6 Å². The second-order valence-corrected chi connectivity index (χ2v) is 7.27. The van der Waals surface area contributed by atoms with Gasteiger partial charge in [0, 0.05) is 12.1 Å². The monoisotopic (exact) mass is 462 g/mol. The van der Waals surface area contributed by atoms with E-state index in [1.54, 1.807) is 36.4 Å². The minimum absolute atomic E-state index is 0.281. The predicted molar refractivity (Wildman–Crippen MR) is 132 cm³/mol. The van der Waals surface area contributed by atoms with Gasteiger partial charge in [0.15, 0.2) is 11.5 Å². The van der Waals surface area contributed by atoms with E-state index in [2.05, 4.69) is 10.6 Å². The summed E-state index contributed by atoms with van der Waals surface area (Å²) >= 11 is 0. The van der Waals surface area contributed by atoms with Crippen LogP contribution in [0.4, 0.5) is 5.69 Å². The first-order valence-electron chi connectivity index (χ1n) is 11.4. The van der Waals surface area contributed by atoms with Crippen LogP contribution in [0.15, 0.2) is 66.7 Å². The maximum absolute atomic E-state index is 13.2. The average molecular weight is 463 g/mol. The molecule has 7 nitrogen and oxygen atoms in total. The molecule has 0 saturated carbocycles. The van der Waals surface area contributed by atoms with Gasteiger partial charge in [-0.25, -0.2) is 0 Å². The first-order chi connectivity index (χ1) is 16.6. The zero-order valence-corrected chi connectivity index (χ0v) is 19.7. The Kier molecular flexibility index (Phi) is 8.91. The maximum Gasteiger partial charge on any atom is 0.255 e. The van der Waals surface area contributed by atoms with Crippen LogP contribution in [0.5, 0.6) is 17.2 Å². The molecule has 0 aromatic heterocycles. The third-order valence-corrected chi connectivity index (χ3v) is 4.89. The van der Waals surface area contributed by atoms with Crippen LogP contribution < -0.4 is 24.8 Å². The summed E-state index contributed by atoms with van der Waals surface area (Å²) in [6.45, 7) is 7.20. The second-order valence-electron chi connectivity index (χ2n) is 7.27. The molecule has 0 aliphatic carbocycles. The number of ether oxygens (including phenoxy) is 3. The first-order valence-corrected chi connectivity index (χ1v) is 11.4. The van der Waals surface area contributed by atoms with Crippen LogP contribution in [0.3, 0.4) is 0 Å². The summed E-state index contributed by atoms with van der Waals surface area (Å²) in [5, 5.41) is 5.74. The molecule has 34 heavy (non-hydrogen) atoms. The summed E-state index contributed by atoms with van der Waals surface area (Å²) in [4.78, 5) is 26.0. The molecule has 0 heterocycles. The van der Waals surface area contributed by atoms with Gasteiger partial charge < -0.3 is 24.8 Å². The average Bonchev–Trinajstić information content (AvgIpc) is 2.85. The van der Waals surface area contributed by atoms with Gasteiger partial charge in [-0.2, -0.15) is 0 Å². The normalized spacial score (nSPS) is 10.3. The number of carbonyl (C=O) groups is 2. The van der Waals surface area contributed by atoms with Crippen molar-refractivity contribution in [2.24, 2.45) is 0 Å². The van der Waals surface area contributed by atoms with E-state index < -0.39 is 5.91 Å². The van der Waals surface area contributed by atoms with Gasteiger partial charge in [0.05, 0.1) is 31.1 Å². The van der Waals surface area contributed by atoms with Gasteiger partial charge in [-0.15, -0.1) is 0 Å². The molecule has 0 unspecified atom stereocenters. The minimum atomic E-state index is -0.395. The highest BCUT2D eigenvalue weighted by molar-refractivity contribution is 6.09. The van der Waals surface area contributed by atoms with E-state index in [0.717, 1.165) is 5.56 Å². The van der Waals surface area contributed by atoms with E-state index in [9.17, 15) is 9.59 Å². The molecule has 3 aromatic carbocycles. The number of carbonyl (C=O) groups excluding carboxylic acids is 2. The summed E-state index contributed by atoms with van der Waals surface area (Å²) < 4.78 is 17.1. The van der Waals surface area contributed by atoms with Crippen molar-refractivity contribution in [3.05, 3.63) is 83.4 Å². The Labute approximate surface area is 200 Å². The lowest BCUT2D eigenvalue weighted by Gasteiger charge is -2.17. The van der Waals surface area contributed by atoms with Crippen molar-refractivity contribution in [2.45, 2.75) is 27.3 Å². The van der Waals surface area contributed by atoms with E-state index in [4.69, 9.17) is 14.2 Å². The quantitative estimate of drug-likeness (QED) is 0.416. The third-order valence-electron chi connectivity index (χ3n) is 4.89. The zero-order chi connectivity index (χ0) is 24.3. The molecule has 178 valence electrons. The summed E-state index contributed by atoms with van der Waals surface area (Å²) in [5.41, 5.74) is 2.09. The molecule has 0 aliphatic rings. The van der Waals surface area contributed by atoms with Crippen molar-refractivity contribution in [2.75, 3.05) is 25.1 Å². The molecular weight excluding hydrogens is 432 g/mol. The van der Waals surface area contributed by atoms with Gasteiger partial charge in [0.25, 0.3) is 11.8 Å². The van der Waals surface area contributed by atoms with E-state index in [0.29, 0.717) is 60.4 Å². The van der Waals surface area contributed by atoms with Crippen LogP contribution in [0.2, 0.25) is 0 Å². The first kappa shape index (κ1) is 24.6. The molecular formula is C27H30N2O5. The molecule has 3 aromatic rings. The smallest absolute Gasteiger partial charge is 0.255 e. The molecule has 0 fully saturated rings. The minimum Gasteiger partial charge on any atom is -0.490 e. The highest BCUT2D eigenvalue weighted by Crippen LogP contribution is 2.39. The number of rotatable bonds is 11. The van der Waals surface area contributed by atoms with Crippen LogP contribution >= 0.6 is 0 Å². The Bertz CT molecular complexity index is 1090. The summed E-state index contributed by atoms with van der Waals surface area (Å²) in [5.74, 6) is 0.636. The molecule has 0 aliphatic heterocycles. The highest BCUT2D eigenvalue weighted by atomic mass is 16.5. The van der Waals surface area contributed by atoms with Gasteiger partial charge in [0.1, 0.15) is 0 Å². The van der Waals surface area contributed by atoms with E-state index in [1.165, 1.54) is 0 Å². The standard InChI is InChI=1S/C27H30N2O5/c1-4-32-23-16-20(17-24(33-5-2)25(23)34-6-3)26(30)29-22-15-11-10-14-21(22)27(31)28-18-19-12-8-7-9-13-19/h7-17H,4-6,18H2,1-3H3,(H,28,31)(H,29,30). The van der Waals surface area contributed by atoms with Crippen LogP contribution in [0.25, 0.3) is 0 Å². The molecule has 0 saturated heterocycles. The largest absolute Gasteiger partial charge is 0.490 e. The molecule has 7 heteroatoms. The zero-order valence-electron chi connectivity index (χ0n) is 19.7.